The zero-order valence-corrected chi connectivity index (χ0v) is 15.2. The van der Waals surface area contributed by atoms with E-state index in [9.17, 15) is 4.79 Å². The normalized spacial score (nSPS) is 17.6. The van der Waals surface area contributed by atoms with Crippen molar-refractivity contribution in [2.45, 2.75) is 39.5 Å². The quantitative estimate of drug-likeness (QED) is 0.912. The second-order valence-corrected chi connectivity index (χ2v) is 7.17. The van der Waals surface area contributed by atoms with E-state index in [0.717, 1.165) is 25.2 Å². The summed E-state index contributed by atoms with van der Waals surface area (Å²) in [6, 6.07) is 9.61. The van der Waals surface area contributed by atoms with Crippen molar-refractivity contribution in [1.29, 1.82) is 0 Å². The van der Waals surface area contributed by atoms with E-state index < -0.39 is 0 Å². The molecule has 0 saturated carbocycles. The summed E-state index contributed by atoms with van der Waals surface area (Å²) in [5.41, 5.74) is 2.43. The fourth-order valence-corrected chi connectivity index (χ4v) is 3.14. The number of carbonyl (C=O) groups excluding carboxylic acids is 1. The van der Waals surface area contributed by atoms with Gasteiger partial charge in [0.25, 0.3) is 5.91 Å². The highest BCUT2D eigenvalue weighted by molar-refractivity contribution is 6.02. The molecule has 1 aromatic carbocycles. The molecule has 1 aliphatic heterocycles. The Balaban J connectivity index is 1.70. The number of nitrogens with one attached hydrogen (secondary N) is 1. The molecule has 5 heteroatoms. The molecule has 0 bridgehead atoms. The number of hydrogen-bond donors (Lipinski definition) is 1. The van der Waals surface area contributed by atoms with Crippen LogP contribution in [0.2, 0.25) is 0 Å². The van der Waals surface area contributed by atoms with Crippen LogP contribution in [0, 0.1) is 5.92 Å². The van der Waals surface area contributed by atoms with E-state index >= 15 is 0 Å². The van der Waals surface area contributed by atoms with Crippen molar-refractivity contribution in [2.75, 3.05) is 23.3 Å². The van der Waals surface area contributed by atoms with Gasteiger partial charge in [0.05, 0.1) is 0 Å². The average Bonchev–Trinajstić information content (AvgIpc) is 2.62. The molecular formula is C20H26N4O. The maximum Gasteiger partial charge on any atom is 0.274 e. The molecule has 0 spiro atoms. The Hall–Kier alpha value is -2.43. The largest absolute Gasteiger partial charge is 0.341 e. The van der Waals surface area contributed by atoms with Crippen LogP contribution in [-0.4, -0.2) is 29.0 Å². The minimum Gasteiger partial charge on any atom is -0.341 e. The van der Waals surface area contributed by atoms with Gasteiger partial charge in [-0.25, -0.2) is 9.97 Å². The topological polar surface area (TPSA) is 58.1 Å². The summed E-state index contributed by atoms with van der Waals surface area (Å²) in [6.07, 6.45) is 4.05. The molecule has 1 unspecified atom stereocenters. The van der Waals surface area contributed by atoms with Gasteiger partial charge in [-0.05, 0) is 48.4 Å². The molecular weight excluding hydrogens is 312 g/mol. The van der Waals surface area contributed by atoms with Crippen molar-refractivity contribution in [2.24, 2.45) is 5.92 Å². The van der Waals surface area contributed by atoms with Gasteiger partial charge >= 0.3 is 0 Å². The van der Waals surface area contributed by atoms with Crippen LogP contribution in [0.3, 0.4) is 0 Å². The molecule has 1 aromatic heterocycles. The first-order valence-electron chi connectivity index (χ1n) is 9.02. The van der Waals surface area contributed by atoms with Crippen LogP contribution in [0.1, 0.15) is 55.6 Å². The lowest BCUT2D eigenvalue weighted by Crippen LogP contribution is -2.35. The summed E-state index contributed by atoms with van der Waals surface area (Å²) in [5.74, 6) is 1.55. The van der Waals surface area contributed by atoms with E-state index in [1.54, 1.807) is 12.3 Å². The number of amides is 1. The van der Waals surface area contributed by atoms with Gasteiger partial charge in [-0.3, -0.25) is 4.79 Å². The van der Waals surface area contributed by atoms with Crippen molar-refractivity contribution in [3.05, 3.63) is 47.8 Å². The SMILES string of the molecule is CC1CCCN(c2nccc(C(=O)Nc3ccc(C(C)C)cc3)n2)C1. The maximum atomic E-state index is 12.5. The second kappa shape index (κ2) is 7.64. The van der Waals surface area contributed by atoms with E-state index in [1.807, 2.05) is 24.3 Å². The molecule has 1 saturated heterocycles. The van der Waals surface area contributed by atoms with Gasteiger partial charge in [-0.2, -0.15) is 0 Å². The first kappa shape index (κ1) is 17.4. The molecule has 1 amide bonds. The lowest BCUT2D eigenvalue weighted by molar-refractivity contribution is 0.102. The van der Waals surface area contributed by atoms with Gasteiger partial charge in [-0.15, -0.1) is 0 Å². The maximum absolute atomic E-state index is 12.5. The smallest absolute Gasteiger partial charge is 0.274 e. The summed E-state index contributed by atoms with van der Waals surface area (Å²) < 4.78 is 0. The summed E-state index contributed by atoms with van der Waals surface area (Å²) in [7, 11) is 0. The standard InChI is InChI=1S/C20H26N4O/c1-14(2)16-6-8-17(9-7-16)22-19(25)18-10-11-21-20(23-18)24-12-4-5-15(3)13-24/h6-11,14-15H,4-5,12-13H2,1-3H3,(H,22,25). The van der Waals surface area contributed by atoms with Gasteiger partial charge in [0, 0.05) is 25.0 Å². The number of benzene rings is 1. The highest BCUT2D eigenvalue weighted by Crippen LogP contribution is 2.20. The van der Waals surface area contributed by atoms with Crippen molar-refractivity contribution in [3.63, 3.8) is 0 Å². The lowest BCUT2D eigenvalue weighted by Gasteiger charge is -2.30. The number of piperidine rings is 1. The number of nitrogens with zero attached hydrogens (tertiary/aromatic N) is 3. The Morgan fingerprint density at radius 3 is 2.68 bits per heavy atom. The van der Waals surface area contributed by atoms with E-state index in [2.05, 4.69) is 41.0 Å². The highest BCUT2D eigenvalue weighted by atomic mass is 16.1. The van der Waals surface area contributed by atoms with Crippen LogP contribution in [-0.2, 0) is 0 Å². The Bertz CT molecular complexity index is 727. The highest BCUT2D eigenvalue weighted by Gasteiger charge is 2.19. The zero-order valence-electron chi connectivity index (χ0n) is 15.2. The van der Waals surface area contributed by atoms with E-state index in [-0.39, 0.29) is 5.91 Å². The fourth-order valence-electron chi connectivity index (χ4n) is 3.14. The third kappa shape index (κ3) is 4.35. The third-order valence-corrected chi connectivity index (χ3v) is 4.65. The van der Waals surface area contributed by atoms with Crippen molar-refractivity contribution in [3.8, 4) is 0 Å². The first-order chi connectivity index (χ1) is 12.0. The van der Waals surface area contributed by atoms with Crippen molar-refractivity contribution < 1.29 is 4.79 Å². The molecule has 2 heterocycles. The molecule has 1 fully saturated rings. The summed E-state index contributed by atoms with van der Waals surface area (Å²) in [6.45, 7) is 8.44. The van der Waals surface area contributed by atoms with Crippen LogP contribution in [0.5, 0.6) is 0 Å². The number of anilines is 2. The van der Waals surface area contributed by atoms with Crippen LogP contribution in [0.15, 0.2) is 36.5 Å². The monoisotopic (exact) mass is 338 g/mol. The number of hydrogen-bond acceptors (Lipinski definition) is 4. The van der Waals surface area contributed by atoms with Crippen molar-refractivity contribution in [1.82, 2.24) is 9.97 Å². The minimum absolute atomic E-state index is 0.203. The Kier molecular flexibility index (Phi) is 5.31. The summed E-state index contributed by atoms with van der Waals surface area (Å²) >= 11 is 0. The van der Waals surface area contributed by atoms with Gasteiger partial charge in [0.2, 0.25) is 5.95 Å². The zero-order chi connectivity index (χ0) is 17.8. The average molecular weight is 338 g/mol. The Labute approximate surface area is 149 Å². The summed E-state index contributed by atoms with van der Waals surface area (Å²) in [5, 5.41) is 2.92. The molecule has 3 rings (SSSR count). The predicted octanol–water partition coefficient (Wildman–Crippen LogP) is 4.09. The predicted molar refractivity (Wildman–Crippen MR) is 101 cm³/mol. The Morgan fingerprint density at radius 1 is 1.24 bits per heavy atom. The van der Waals surface area contributed by atoms with Gasteiger partial charge in [0.1, 0.15) is 5.69 Å². The van der Waals surface area contributed by atoms with Crippen LogP contribution < -0.4 is 10.2 Å². The number of aromatic nitrogens is 2. The van der Waals surface area contributed by atoms with Crippen LogP contribution in [0.25, 0.3) is 0 Å². The molecule has 2 aromatic rings. The van der Waals surface area contributed by atoms with Gasteiger partial charge < -0.3 is 10.2 Å². The molecule has 1 N–H and O–H groups in total. The molecule has 1 atom stereocenters. The van der Waals surface area contributed by atoms with Crippen LogP contribution in [0.4, 0.5) is 11.6 Å². The fraction of sp³-hybridized carbons (Fsp3) is 0.450. The molecule has 5 nitrogen and oxygen atoms in total. The number of rotatable bonds is 4. The number of carbonyl (C=O) groups is 1. The van der Waals surface area contributed by atoms with E-state index in [0.29, 0.717) is 23.5 Å². The lowest BCUT2D eigenvalue weighted by atomic mass is 10.0. The molecule has 132 valence electrons. The molecule has 1 aliphatic rings. The third-order valence-electron chi connectivity index (χ3n) is 4.65. The second-order valence-electron chi connectivity index (χ2n) is 7.17. The van der Waals surface area contributed by atoms with E-state index in [4.69, 9.17) is 0 Å². The van der Waals surface area contributed by atoms with Gasteiger partial charge in [-0.1, -0.05) is 32.9 Å². The molecule has 0 radical (unpaired) electrons. The van der Waals surface area contributed by atoms with E-state index in [1.165, 1.54) is 12.0 Å². The minimum atomic E-state index is -0.203. The molecule has 0 aliphatic carbocycles. The first-order valence-corrected chi connectivity index (χ1v) is 9.02. The molecule has 25 heavy (non-hydrogen) atoms. The van der Waals surface area contributed by atoms with Crippen LogP contribution >= 0.6 is 0 Å². The van der Waals surface area contributed by atoms with Crippen molar-refractivity contribution >= 4 is 17.5 Å². The summed E-state index contributed by atoms with van der Waals surface area (Å²) in [4.78, 5) is 23.5. The van der Waals surface area contributed by atoms with Gasteiger partial charge in [0.15, 0.2) is 0 Å². The Morgan fingerprint density at radius 2 is 2.00 bits per heavy atom.